The zero-order chi connectivity index (χ0) is 16.6. The van der Waals surface area contributed by atoms with E-state index in [0.29, 0.717) is 6.42 Å². The fourth-order valence-corrected chi connectivity index (χ4v) is 3.88. The van der Waals surface area contributed by atoms with Crippen molar-refractivity contribution >= 4 is 22.9 Å². The molecule has 0 amide bonds. The van der Waals surface area contributed by atoms with E-state index in [2.05, 4.69) is 12.1 Å². The van der Waals surface area contributed by atoms with Crippen LogP contribution in [0.1, 0.15) is 44.9 Å². The molecule has 0 spiro atoms. The Bertz CT molecular complexity index is 712. The van der Waals surface area contributed by atoms with Crippen molar-refractivity contribution in [1.29, 1.82) is 0 Å². The monoisotopic (exact) mass is 330 g/mol. The molecule has 0 radical (unpaired) electrons. The Morgan fingerprint density at radius 2 is 2.04 bits per heavy atom. The molecule has 0 atom stereocenters. The van der Waals surface area contributed by atoms with Crippen LogP contribution in [0.3, 0.4) is 0 Å². The lowest BCUT2D eigenvalue weighted by atomic mass is 9.94. The molecule has 1 aromatic rings. The standard InChI is InChI=1S/C19H22O3S/c1-19(2,3)22-18(20)15-11-12-10-13(21-4)7-8-14(12)17(15)16-6-5-9-23-16/h5-6,9-10H,7-8,11H2,1-4H3. The highest BCUT2D eigenvalue weighted by atomic mass is 32.1. The number of ether oxygens (including phenoxy) is 2. The van der Waals surface area contributed by atoms with Gasteiger partial charge in [0.05, 0.1) is 18.4 Å². The number of esters is 1. The first-order valence-corrected chi connectivity index (χ1v) is 8.74. The van der Waals surface area contributed by atoms with E-state index in [-0.39, 0.29) is 5.97 Å². The van der Waals surface area contributed by atoms with Crippen LogP contribution >= 0.6 is 11.3 Å². The van der Waals surface area contributed by atoms with Crippen molar-refractivity contribution in [2.24, 2.45) is 0 Å². The molecule has 3 rings (SSSR count). The van der Waals surface area contributed by atoms with Gasteiger partial charge >= 0.3 is 5.97 Å². The summed E-state index contributed by atoms with van der Waals surface area (Å²) in [5.41, 5.74) is 3.84. The molecular weight excluding hydrogens is 308 g/mol. The Labute approximate surface area is 141 Å². The van der Waals surface area contributed by atoms with Crippen molar-refractivity contribution in [3.05, 3.63) is 50.9 Å². The number of carbonyl (C=O) groups excluding carboxylic acids is 1. The second-order valence-electron chi connectivity index (χ2n) is 6.83. The van der Waals surface area contributed by atoms with Crippen LogP contribution < -0.4 is 0 Å². The van der Waals surface area contributed by atoms with Crippen LogP contribution in [-0.4, -0.2) is 18.7 Å². The van der Waals surface area contributed by atoms with Gasteiger partial charge in [0.25, 0.3) is 0 Å². The van der Waals surface area contributed by atoms with E-state index in [1.54, 1.807) is 18.4 Å². The third-order valence-electron chi connectivity index (χ3n) is 3.99. The van der Waals surface area contributed by atoms with E-state index in [1.807, 2.05) is 32.2 Å². The molecule has 2 aliphatic rings. The topological polar surface area (TPSA) is 35.5 Å². The van der Waals surface area contributed by atoms with Gasteiger partial charge in [0.15, 0.2) is 0 Å². The van der Waals surface area contributed by atoms with Crippen LogP contribution in [0.25, 0.3) is 5.57 Å². The molecule has 0 N–H and O–H groups in total. The number of carbonyl (C=O) groups is 1. The van der Waals surface area contributed by atoms with Gasteiger partial charge in [0.1, 0.15) is 5.60 Å². The van der Waals surface area contributed by atoms with Gasteiger partial charge in [-0.05, 0) is 55.9 Å². The second-order valence-corrected chi connectivity index (χ2v) is 7.78. The molecule has 3 nitrogen and oxygen atoms in total. The number of thiophene rings is 1. The maximum Gasteiger partial charge on any atom is 0.335 e. The van der Waals surface area contributed by atoms with E-state index in [1.165, 1.54) is 11.1 Å². The molecule has 23 heavy (non-hydrogen) atoms. The third kappa shape index (κ3) is 3.27. The smallest absolute Gasteiger partial charge is 0.335 e. The number of hydrogen-bond donors (Lipinski definition) is 0. The Morgan fingerprint density at radius 3 is 2.65 bits per heavy atom. The van der Waals surface area contributed by atoms with Gasteiger partial charge in [-0.25, -0.2) is 4.79 Å². The van der Waals surface area contributed by atoms with Gasteiger partial charge in [0, 0.05) is 23.3 Å². The molecule has 1 aromatic heterocycles. The molecule has 0 aliphatic heterocycles. The molecule has 0 fully saturated rings. The van der Waals surface area contributed by atoms with Crippen LogP contribution in [0.2, 0.25) is 0 Å². The van der Waals surface area contributed by atoms with Gasteiger partial charge in [-0.1, -0.05) is 6.07 Å². The zero-order valence-corrected chi connectivity index (χ0v) is 14.9. The summed E-state index contributed by atoms with van der Waals surface area (Å²) < 4.78 is 11.0. The zero-order valence-electron chi connectivity index (χ0n) is 14.1. The lowest BCUT2D eigenvalue weighted by Gasteiger charge is -2.20. The molecule has 0 aromatic carbocycles. The van der Waals surface area contributed by atoms with Crippen LogP contribution in [0.5, 0.6) is 0 Å². The highest BCUT2D eigenvalue weighted by Gasteiger charge is 2.33. The Morgan fingerprint density at radius 1 is 1.26 bits per heavy atom. The highest BCUT2D eigenvalue weighted by molar-refractivity contribution is 7.11. The largest absolute Gasteiger partial charge is 0.501 e. The van der Waals surface area contributed by atoms with Crippen LogP contribution in [0, 0.1) is 0 Å². The van der Waals surface area contributed by atoms with Crippen molar-refractivity contribution < 1.29 is 14.3 Å². The number of allylic oxidation sites excluding steroid dienone is 5. The van der Waals surface area contributed by atoms with Crippen LogP contribution in [-0.2, 0) is 14.3 Å². The fourth-order valence-electron chi connectivity index (χ4n) is 3.06. The average Bonchev–Trinajstić information content (AvgIpc) is 3.11. The van der Waals surface area contributed by atoms with Crippen molar-refractivity contribution in [3.63, 3.8) is 0 Å². The molecule has 0 unspecified atom stereocenters. The van der Waals surface area contributed by atoms with E-state index >= 15 is 0 Å². The number of hydrogen-bond acceptors (Lipinski definition) is 4. The van der Waals surface area contributed by atoms with Crippen molar-refractivity contribution in [3.8, 4) is 0 Å². The summed E-state index contributed by atoms with van der Waals surface area (Å²) in [6.45, 7) is 5.71. The first-order chi connectivity index (χ1) is 10.9. The van der Waals surface area contributed by atoms with E-state index in [4.69, 9.17) is 9.47 Å². The summed E-state index contributed by atoms with van der Waals surface area (Å²) >= 11 is 1.67. The Balaban J connectivity index is 2.02. The Hall–Kier alpha value is -1.81. The minimum atomic E-state index is -0.485. The van der Waals surface area contributed by atoms with Gasteiger partial charge in [0.2, 0.25) is 0 Å². The van der Waals surface area contributed by atoms with E-state index in [0.717, 1.165) is 34.6 Å². The van der Waals surface area contributed by atoms with Gasteiger partial charge < -0.3 is 9.47 Å². The second kappa shape index (κ2) is 6.00. The first kappa shape index (κ1) is 16.1. The van der Waals surface area contributed by atoms with Gasteiger partial charge in [-0.2, -0.15) is 0 Å². The quantitative estimate of drug-likeness (QED) is 0.742. The number of rotatable bonds is 3. The summed E-state index contributed by atoms with van der Waals surface area (Å²) in [4.78, 5) is 13.9. The fraction of sp³-hybridized carbons (Fsp3) is 0.421. The molecule has 0 saturated heterocycles. The molecule has 1 heterocycles. The van der Waals surface area contributed by atoms with Crippen molar-refractivity contribution in [2.75, 3.05) is 7.11 Å². The number of methoxy groups -OCH3 is 1. The van der Waals surface area contributed by atoms with Gasteiger partial charge in [-0.3, -0.25) is 0 Å². The summed E-state index contributed by atoms with van der Waals surface area (Å²) in [7, 11) is 1.70. The molecule has 0 bridgehead atoms. The molecule has 0 saturated carbocycles. The SMILES string of the molecule is COC1=CC2=C(CC1)C(c1cccs1)=C(C(=O)OC(C)(C)C)C2. The lowest BCUT2D eigenvalue weighted by molar-refractivity contribution is -0.149. The first-order valence-electron chi connectivity index (χ1n) is 7.86. The van der Waals surface area contributed by atoms with Crippen LogP contribution in [0.4, 0.5) is 0 Å². The maximum atomic E-state index is 12.7. The third-order valence-corrected chi connectivity index (χ3v) is 4.88. The highest BCUT2D eigenvalue weighted by Crippen LogP contribution is 2.46. The van der Waals surface area contributed by atoms with E-state index in [9.17, 15) is 4.79 Å². The predicted molar refractivity (Wildman–Crippen MR) is 93.1 cm³/mol. The minimum Gasteiger partial charge on any atom is -0.501 e. The summed E-state index contributed by atoms with van der Waals surface area (Å²) in [6.07, 6.45) is 4.51. The van der Waals surface area contributed by atoms with Crippen molar-refractivity contribution in [1.82, 2.24) is 0 Å². The summed E-state index contributed by atoms with van der Waals surface area (Å²) in [5, 5.41) is 2.05. The Kier molecular flexibility index (Phi) is 4.19. The molecule has 4 heteroatoms. The van der Waals surface area contributed by atoms with Crippen LogP contribution in [0.15, 0.2) is 46.1 Å². The normalized spacial score (nSPS) is 18.0. The molecule has 122 valence electrons. The lowest BCUT2D eigenvalue weighted by Crippen LogP contribution is -2.25. The van der Waals surface area contributed by atoms with Gasteiger partial charge in [-0.15, -0.1) is 11.3 Å². The predicted octanol–water partition coefficient (Wildman–Crippen LogP) is 4.87. The summed E-state index contributed by atoms with van der Waals surface area (Å²) in [5.74, 6) is 0.780. The van der Waals surface area contributed by atoms with E-state index < -0.39 is 5.60 Å². The van der Waals surface area contributed by atoms with Crippen molar-refractivity contribution in [2.45, 2.75) is 45.6 Å². The average molecular weight is 330 g/mol. The minimum absolute atomic E-state index is 0.206. The molecular formula is C19H22O3S. The molecule has 2 aliphatic carbocycles. The summed E-state index contributed by atoms with van der Waals surface area (Å²) in [6, 6.07) is 4.10. The maximum absolute atomic E-state index is 12.7.